The fraction of sp³-hybridized carbons (Fsp3) is 0. The minimum absolute atomic E-state index is 0.151. The first-order valence-electron chi connectivity index (χ1n) is 7.56. The van der Waals surface area contributed by atoms with Gasteiger partial charge in [-0.05, 0) is 23.8 Å². The molecule has 0 atom stereocenters. The SMILES string of the molecule is O=c1[nH]cc(-c2ccccc2)c2cc(Nc3ccccn3)ncc12. The highest BCUT2D eigenvalue weighted by atomic mass is 16.1. The van der Waals surface area contributed by atoms with Gasteiger partial charge in [0.1, 0.15) is 11.6 Å². The van der Waals surface area contributed by atoms with Gasteiger partial charge in [0.15, 0.2) is 0 Å². The van der Waals surface area contributed by atoms with Crippen LogP contribution in [-0.4, -0.2) is 15.0 Å². The molecule has 3 aromatic heterocycles. The van der Waals surface area contributed by atoms with E-state index in [4.69, 9.17) is 0 Å². The number of nitrogens with zero attached hydrogens (tertiary/aromatic N) is 2. The van der Waals surface area contributed by atoms with Crippen molar-refractivity contribution < 1.29 is 0 Å². The lowest BCUT2D eigenvalue weighted by Crippen LogP contribution is -2.07. The lowest BCUT2D eigenvalue weighted by atomic mass is 10.0. The summed E-state index contributed by atoms with van der Waals surface area (Å²) in [4.78, 5) is 23.4. The van der Waals surface area contributed by atoms with Crippen molar-refractivity contribution in [2.45, 2.75) is 0 Å². The maximum atomic E-state index is 12.1. The van der Waals surface area contributed by atoms with Crippen LogP contribution in [0.2, 0.25) is 0 Å². The molecule has 0 aliphatic carbocycles. The number of rotatable bonds is 3. The summed E-state index contributed by atoms with van der Waals surface area (Å²) in [6.07, 6.45) is 5.04. The third-order valence-electron chi connectivity index (χ3n) is 3.79. The number of nitrogens with one attached hydrogen (secondary N) is 2. The predicted molar refractivity (Wildman–Crippen MR) is 95.3 cm³/mol. The maximum Gasteiger partial charge on any atom is 0.257 e. The first-order valence-corrected chi connectivity index (χ1v) is 7.56. The van der Waals surface area contributed by atoms with Crippen molar-refractivity contribution in [3.63, 3.8) is 0 Å². The van der Waals surface area contributed by atoms with E-state index in [1.807, 2.05) is 54.6 Å². The highest BCUT2D eigenvalue weighted by Gasteiger charge is 2.09. The smallest absolute Gasteiger partial charge is 0.257 e. The van der Waals surface area contributed by atoms with E-state index in [9.17, 15) is 4.79 Å². The first-order chi connectivity index (χ1) is 11.8. The molecule has 0 radical (unpaired) electrons. The predicted octanol–water partition coefficient (Wildman–Crippen LogP) is 3.73. The van der Waals surface area contributed by atoms with E-state index in [-0.39, 0.29) is 5.56 Å². The molecule has 0 spiro atoms. The van der Waals surface area contributed by atoms with Gasteiger partial charge >= 0.3 is 0 Å². The molecule has 2 N–H and O–H groups in total. The molecule has 4 rings (SSSR count). The number of aromatic nitrogens is 3. The van der Waals surface area contributed by atoms with Gasteiger partial charge in [0, 0.05) is 29.5 Å². The molecule has 0 saturated carbocycles. The van der Waals surface area contributed by atoms with Crippen LogP contribution in [0, 0.1) is 0 Å². The normalized spacial score (nSPS) is 10.7. The summed E-state index contributed by atoms with van der Waals surface area (Å²) in [6, 6.07) is 17.4. The Labute approximate surface area is 138 Å². The fourth-order valence-corrected chi connectivity index (χ4v) is 2.65. The maximum absolute atomic E-state index is 12.1. The monoisotopic (exact) mass is 314 g/mol. The zero-order chi connectivity index (χ0) is 16.4. The zero-order valence-corrected chi connectivity index (χ0v) is 12.7. The third-order valence-corrected chi connectivity index (χ3v) is 3.79. The highest BCUT2D eigenvalue weighted by Crippen LogP contribution is 2.27. The van der Waals surface area contributed by atoms with Gasteiger partial charge in [-0.25, -0.2) is 9.97 Å². The quantitative estimate of drug-likeness (QED) is 0.604. The Hall–Kier alpha value is -3.47. The fourth-order valence-electron chi connectivity index (χ4n) is 2.65. The topological polar surface area (TPSA) is 70.7 Å². The van der Waals surface area contributed by atoms with Crippen molar-refractivity contribution in [3.8, 4) is 11.1 Å². The number of anilines is 2. The standard InChI is InChI=1S/C19H14N4O/c24-19-16-12-21-18(23-17-8-4-5-9-20-17)10-14(16)15(11-22-19)13-6-2-1-3-7-13/h1-12H,(H,22,24)(H,20,21,23). The van der Waals surface area contributed by atoms with Crippen LogP contribution in [0.15, 0.2) is 78.0 Å². The molecule has 4 aromatic rings. The van der Waals surface area contributed by atoms with Gasteiger partial charge in [-0.3, -0.25) is 4.79 Å². The number of H-pyrrole nitrogens is 1. The van der Waals surface area contributed by atoms with Crippen LogP contribution in [0.4, 0.5) is 11.6 Å². The molecule has 0 saturated heterocycles. The molecule has 0 amide bonds. The number of benzene rings is 1. The lowest BCUT2D eigenvalue weighted by molar-refractivity contribution is 1.24. The molecule has 0 unspecified atom stereocenters. The molecule has 5 nitrogen and oxygen atoms in total. The summed E-state index contributed by atoms with van der Waals surface area (Å²) >= 11 is 0. The third kappa shape index (κ3) is 2.63. The van der Waals surface area contributed by atoms with Crippen LogP contribution < -0.4 is 10.9 Å². The van der Waals surface area contributed by atoms with Gasteiger partial charge < -0.3 is 10.3 Å². The van der Waals surface area contributed by atoms with Crippen LogP contribution >= 0.6 is 0 Å². The first kappa shape index (κ1) is 14.1. The van der Waals surface area contributed by atoms with Crippen molar-refractivity contribution in [1.29, 1.82) is 0 Å². The minimum Gasteiger partial charge on any atom is -0.328 e. The average molecular weight is 314 g/mol. The molecule has 0 aliphatic rings. The summed E-state index contributed by atoms with van der Waals surface area (Å²) in [7, 11) is 0. The van der Waals surface area contributed by atoms with Crippen molar-refractivity contribution >= 4 is 22.4 Å². The number of aromatic amines is 1. The second kappa shape index (κ2) is 5.96. The molecule has 0 bridgehead atoms. The molecule has 1 aromatic carbocycles. The van der Waals surface area contributed by atoms with Crippen LogP contribution in [-0.2, 0) is 0 Å². The van der Waals surface area contributed by atoms with Crippen LogP contribution in [0.25, 0.3) is 21.9 Å². The van der Waals surface area contributed by atoms with Crippen LogP contribution in [0.3, 0.4) is 0 Å². The second-order valence-electron chi connectivity index (χ2n) is 5.35. The molecule has 3 heterocycles. The largest absolute Gasteiger partial charge is 0.328 e. The number of fused-ring (bicyclic) bond motifs is 1. The molecular weight excluding hydrogens is 300 g/mol. The molecule has 116 valence electrons. The van der Waals surface area contributed by atoms with E-state index in [2.05, 4.69) is 20.3 Å². The molecule has 5 heteroatoms. The van der Waals surface area contributed by atoms with Crippen molar-refractivity contribution in [2.24, 2.45) is 0 Å². The molecule has 24 heavy (non-hydrogen) atoms. The van der Waals surface area contributed by atoms with Gasteiger partial charge in [0.2, 0.25) is 0 Å². The lowest BCUT2D eigenvalue weighted by Gasteiger charge is -2.09. The van der Waals surface area contributed by atoms with Gasteiger partial charge in [-0.2, -0.15) is 0 Å². The summed E-state index contributed by atoms with van der Waals surface area (Å²) in [5.74, 6) is 1.35. The minimum atomic E-state index is -0.151. The summed E-state index contributed by atoms with van der Waals surface area (Å²) in [5.41, 5.74) is 1.84. The number of pyridine rings is 3. The number of hydrogen-bond donors (Lipinski definition) is 2. The van der Waals surface area contributed by atoms with Gasteiger partial charge in [0.25, 0.3) is 5.56 Å². The highest BCUT2D eigenvalue weighted by molar-refractivity contribution is 5.96. The van der Waals surface area contributed by atoms with Crippen molar-refractivity contribution in [1.82, 2.24) is 15.0 Å². The van der Waals surface area contributed by atoms with Crippen molar-refractivity contribution in [3.05, 3.63) is 83.5 Å². The van der Waals surface area contributed by atoms with E-state index >= 15 is 0 Å². The Morgan fingerprint density at radius 3 is 2.50 bits per heavy atom. The Morgan fingerprint density at radius 1 is 0.875 bits per heavy atom. The van der Waals surface area contributed by atoms with E-state index in [0.717, 1.165) is 16.5 Å². The molecule has 0 fully saturated rings. The van der Waals surface area contributed by atoms with E-state index in [1.54, 1.807) is 18.6 Å². The second-order valence-corrected chi connectivity index (χ2v) is 5.35. The number of hydrogen-bond acceptors (Lipinski definition) is 4. The Balaban J connectivity index is 1.87. The summed E-state index contributed by atoms with van der Waals surface area (Å²) < 4.78 is 0. The van der Waals surface area contributed by atoms with Gasteiger partial charge in [-0.1, -0.05) is 36.4 Å². The van der Waals surface area contributed by atoms with Gasteiger partial charge in [-0.15, -0.1) is 0 Å². The van der Waals surface area contributed by atoms with E-state index in [1.165, 1.54) is 0 Å². The Kier molecular flexibility index (Phi) is 3.51. The van der Waals surface area contributed by atoms with Gasteiger partial charge in [0.05, 0.1) is 5.39 Å². The zero-order valence-electron chi connectivity index (χ0n) is 12.7. The molecular formula is C19H14N4O. The summed E-state index contributed by atoms with van der Waals surface area (Å²) in [6.45, 7) is 0. The Bertz CT molecular complexity index is 1040. The molecule has 0 aliphatic heterocycles. The van der Waals surface area contributed by atoms with Crippen molar-refractivity contribution in [2.75, 3.05) is 5.32 Å². The van der Waals surface area contributed by atoms with Crippen LogP contribution in [0.5, 0.6) is 0 Å². The van der Waals surface area contributed by atoms with E-state index in [0.29, 0.717) is 17.0 Å². The summed E-state index contributed by atoms with van der Waals surface area (Å²) in [5, 5.41) is 4.56. The van der Waals surface area contributed by atoms with E-state index < -0.39 is 0 Å². The Morgan fingerprint density at radius 2 is 1.71 bits per heavy atom. The van der Waals surface area contributed by atoms with Crippen LogP contribution in [0.1, 0.15) is 0 Å². The average Bonchev–Trinajstić information content (AvgIpc) is 2.64.